The number of hydrogen-bond acceptors (Lipinski definition) is 2. The molecule has 0 aromatic carbocycles. The monoisotopic (exact) mass is 228 g/mol. The lowest BCUT2D eigenvalue weighted by molar-refractivity contribution is -0.174. The van der Waals surface area contributed by atoms with E-state index in [1.165, 1.54) is 0 Å². The van der Waals surface area contributed by atoms with E-state index in [0.29, 0.717) is 25.2 Å². The van der Waals surface area contributed by atoms with Gasteiger partial charge in [-0.15, -0.1) is 0 Å². The topological polar surface area (TPSA) is 57.5 Å². The lowest BCUT2D eigenvalue weighted by Gasteiger charge is -2.45. The van der Waals surface area contributed by atoms with Gasteiger partial charge in [0, 0.05) is 0 Å². The highest BCUT2D eigenvalue weighted by Crippen LogP contribution is 2.46. The summed E-state index contributed by atoms with van der Waals surface area (Å²) in [6.07, 6.45) is 4.45. The Bertz CT molecular complexity index is 254. The first kappa shape index (κ1) is 13.5. The van der Waals surface area contributed by atoms with Crippen molar-refractivity contribution in [3.63, 3.8) is 0 Å². The fourth-order valence-electron chi connectivity index (χ4n) is 2.83. The quantitative estimate of drug-likeness (QED) is 0.778. The maximum atomic E-state index is 11.4. The maximum Gasteiger partial charge on any atom is 0.312 e. The first-order valence-corrected chi connectivity index (χ1v) is 6.31. The summed E-state index contributed by atoms with van der Waals surface area (Å²) >= 11 is 0. The van der Waals surface area contributed by atoms with E-state index in [1.54, 1.807) is 6.92 Å². The predicted molar refractivity (Wildman–Crippen MR) is 63.2 cm³/mol. The molecule has 1 rings (SSSR count). The minimum atomic E-state index is -1.01. The second kappa shape index (κ2) is 4.74. The van der Waals surface area contributed by atoms with E-state index in [0.717, 1.165) is 19.3 Å². The number of aliphatic carboxylic acids is 1. The molecule has 1 aliphatic carbocycles. The van der Waals surface area contributed by atoms with Gasteiger partial charge in [-0.05, 0) is 44.9 Å². The number of carboxylic acids is 1. The van der Waals surface area contributed by atoms with Crippen LogP contribution in [-0.4, -0.2) is 21.8 Å². The standard InChI is InChI=1S/C13H24O3/c1-4-7-12(3,11(14)15)13(16)8-5-10(2)6-9-13/h10,16H,4-9H2,1-3H3,(H,14,15). The van der Waals surface area contributed by atoms with E-state index in [9.17, 15) is 15.0 Å². The van der Waals surface area contributed by atoms with Crippen molar-refractivity contribution in [1.82, 2.24) is 0 Å². The molecule has 3 heteroatoms. The van der Waals surface area contributed by atoms with Crippen molar-refractivity contribution < 1.29 is 15.0 Å². The van der Waals surface area contributed by atoms with Gasteiger partial charge < -0.3 is 10.2 Å². The highest BCUT2D eigenvalue weighted by molar-refractivity contribution is 5.75. The average Bonchev–Trinajstić information content (AvgIpc) is 2.22. The highest BCUT2D eigenvalue weighted by Gasteiger charge is 2.52. The Morgan fingerprint density at radius 3 is 2.31 bits per heavy atom. The third-order valence-corrected chi connectivity index (χ3v) is 4.35. The summed E-state index contributed by atoms with van der Waals surface area (Å²) in [5.74, 6) is -0.244. The summed E-state index contributed by atoms with van der Waals surface area (Å²) in [5, 5.41) is 20.0. The minimum Gasteiger partial charge on any atom is -0.481 e. The number of aliphatic hydroxyl groups is 1. The van der Waals surface area contributed by atoms with Gasteiger partial charge in [-0.3, -0.25) is 4.79 Å². The van der Waals surface area contributed by atoms with Gasteiger partial charge in [-0.2, -0.15) is 0 Å². The molecule has 0 amide bonds. The molecular formula is C13H24O3. The van der Waals surface area contributed by atoms with Gasteiger partial charge in [0.1, 0.15) is 0 Å². The summed E-state index contributed by atoms with van der Waals surface area (Å²) in [6.45, 7) is 5.84. The molecule has 0 bridgehead atoms. The molecule has 1 unspecified atom stereocenters. The summed E-state index contributed by atoms with van der Waals surface area (Å²) in [4.78, 5) is 11.4. The second-order valence-electron chi connectivity index (χ2n) is 5.60. The molecule has 2 N–H and O–H groups in total. The van der Waals surface area contributed by atoms with E-state index in [2.05, 4.69) is 6.92 Å². The van der Waals surface area contributed by atoms with Crippen molar-refractivity contribution in [3.05, 3.63) is 0 Å². The van der Waals surface area contributed by atoms with Crippen molar-refractivity contribution in [2.45, 2.75) is 64.9 Å². The van der Waals surface area contributed by atoms with Crippen molar-refractivity contribution in [2.24, 2.45) is 11.3 Å². The Kier molecular flexibility index (Phi) is 4.00. The fourth-order valence-corrected chi connectivity index (χ4v) is 2.83. The Morgan fingerprint density at radius 2 is 1.94 bits per heavy atom. The molecule has 0 spiro atoms. The first-order valence-electron chi connectivity index (χ1n) is 6.31. The van der Waals surface area contributed by atoms with Gasteiger partial charge >= 0.3 is 5.97 Å². The minimum absolute atomic E-state index is 0.549. The van der Waals surface area contributed by atoms with E-state index < -0.39 is 17.0 Å². The molecule has 94 valence electrons. The van der Waals surface area contributed by atoms with Crippen LogP contribution >= 0.6 is 0 Å². The zero-order chi connectivity index (χ0) is 12.4. The normalized spacial score (nSPS) is 34.4. The molecule has 0 aromatic heterocycles. The summed E-state index contributed by atoms with van der Waals surface area (Å²) in [5.41, 5.74) is -2.00. The molecule has 1 aliphatic rings. The Morgan fingerprint density at radius 1 is 1.44 bits per heavy atom. The molecule has 1 fully saturated rings. The summed E-state index contributed by atoms with van der Waals surface area (Å²) in [6, 6.07) is 0. The molecule has 0 aliphatic heterocycles. The zero-order valence-corrected chi connectivity index (χ0v) is 10.6. The van der Waals surface area contributed by atoms with E-state index in [4.69, 9.17) is 0 Å². The fraction of sp³-hybridized carbons (Fsp3) is 0.923. The smallest absolute Gasteiger partial charge is 0.312 e. The van der Waals surface area contributed by atoms with Gasteiger partial charge in [0.15, 0.2) is 0 Å². The molecule has 0 saturated heterocycles. The van der Waals surface area contributed by atoms with Crippen LogP contribution in [0.3, 0.4) is 0 Å². The number of hydrogen-bond donors (Lipinski definition) is 2. The number of carboxylic acid groups (broad SMARTS) is 1. The summed E-state index contributed by atoms with van der Waals surface area (Å²) in [7, 11) is 0. The zero-order valence-electron chi connectivity index (χ0n) is 10.6. The molecule has 0 heterocycles. The molecular weight excluding hydrogens is 204 g/mol. The van der Waals surface area contributed by atoms with Crippen LogP contribution in [0.2, 0.25) is 0 Å². The van der Waals surface area contributed by atoms with Crippen LogP contribution in [0.5, 0.6) is 0 Å². The maximum absolute atomic E-state index is 11.4. The molecule has 0 radical (unpaired) electrons. The van der Waals surface area contributed by atoms with Gasteiger partial charge in [-0.1, -0.05) is 20.3 Å². The highest BCUT2D eigenvalue weighted by atomic mass is 16.4. The second-order valence-corrected chi connectivity index (χ2v) is 5.60. The van der Waals surface area contributed by atoms with Crippen LogP contribution in [-0.2, 0) is 4.79 Å². The van der Waals surface area contributed by atoms with Crippen molar-refractivity contribution >= 4 is 5.97 Å². The van der Waals surface area contributed by atoms with E-state index in [-0.39, 0.29) is 0 Å². The van der Waals surface area contributed by atoms with Crippen LogP contribution in [0.25, 0.3) is 0 Å². The largest absolute Gasteiger partial charge is 0.481 e. The van der Waals surface area contributed by atoms with Crippen molar-refractivity contribution in [3.8, 4) is 0 Å². The van der Waals surface area contributed by atoms with Crippen LogP contribution in [0.4, 0.5) is 0 Å². The van der Waals surface area contributed by atoms with Gasteiger partial charge in [0.2, 0.25) is 0 Å². The molecule has 1 saturated carbocycles. The van der Waals surface area contributed by atoms with Gasteiger partial charge in [0.25, 0.3) is 0 Å². The van der Waals surface area contributed by atoms with E-state index >= 15 is 0 Å². The first-order chi connectivity index (χ1) is 7.35. The summed E-state index contributed by atoms with van der Waals surface area (Å²) < 4.78 is 0. The third kappa shape index (κ3) is 2.24. The van der Waals surface area contributed by atoms with Crippen molar-refractivity contribution in [2.75, 3.05) is 0 Å². The predicted octanol–water partition coefficient (Wildman–Crippen LogP) is 2.82. The van der Waals surface area contributed by atoms with E-state index in [1.807, 2.05) is 6.92 Å². The van der Waals surface area contributed by atoms with Crippen molar-refractivity contribution in [1.29, 1.82) is 0 Å². The lowest BCUT2D eigenvalue weighted by Crippen LogP contribution is -2.53. The lowest BCUT2D eigenvalue weighted by atomic mass is 9.62. The third-order valence-electron chi connectivity index (χ3n) is 4.35. The molecule has 1 atom stereocenters. The SMILES string of the molecule is CCCC(C)(C(=O)O)C1(O)CCC(C)CC1. The Labute approximate surface area is 97.9 Å². The number of rotatable bonds is 4. The van der Waals surface area contributed by atoms with Crippen LogP contribution in [0.15, 0.2) is 0 Å². The van der Waals surface area contributed by atoms with Crippen LogP contribution in [0, 0.1) is 11.3 Å². The number of carbonyl (C=O) groups is 1. The van der Waals surface area contributed by atoms with Crippen LogP contribution < -0.4 is 0 Å². The molecule has 16 heavy (non-hydrogen) atoms. The Balaban J connectivity index is 2.89. The van der Waals surface area contributed by atoms with Gasteiger partial charge in [-0.25, -0.2) is 0 Å². The average molecular weight is 228 g/mol. The molecule has 3 nitrogen and oxygen atoms in total. The van der Waals surface area contributed by atoms with Crippen LogP contribution in [0.1, 0.15) is 59.3 Å². The van der Waals surface area contributed by atoms with Gasteiger partial charge in [0.05, 0.1) is 11.0 Å². The Hall–Kier alpha value is -0.570. The molecule has 0 aromatic rings.